The summed E-state index contributed by atoms with van der Waals surface area (Å²) >= 11 is 5.61. The number of halogens is 1. The van der Waals surface area contributed by atoms with E-state index in [1.165, 1.54) is 6.20 Å². The molecule has 0 aliphatic rings. The summed E-state index contributed by atoms with van der Waals surface area (Å²) in [7, 11) is 0. The molecule has 2 aromatic rings. The molecule has 72 valence electrons. The van der Waals surface area contributed by atoms with Crippen molar-refractivity contribution in [1.29, 1.82) is 0 Å². The number of hydrogen-bond acceptors (Lipinski definition) is 5. The minimum absolute atomic E-state index is 0.0926. The Morgan fingerprint density at radius 3 is 2.64 bits per heavy atom. The normalized spacial score (nSPS) is 10.5. The molecule has 0 bridgehead atoms. The largest absolute Gasteiger partial charge is 0.244 e. The Morgan fingerprint density at radius 1 is 1.29 bits per heavy atom. The molecular formula is C7H7ClN6. The molecule has 0 unspecified atom stereocenters. The van der Waals surface area contributed by atoms with Crippen LogP contribution in [0.2, 0.25) is 5.28 Å². The lowest BCUT2D eigenvalue weighted by Crippen LogP contribution is -2.04. The lowest BCUT2D eigenvalue weighted by Gasteiger charge is -1.99. The Morgan fingerprint density at radius 2 is 2.07 bits per heavy atom. The second-order valence-corrected chi connectivity index (χ2v) is 3.04. The molecule has 0 aliphatic heterocycles. The third-order valence-electron chi connectivity index (χ3n) is 1.61. The summed E-state index contributed by atoms with van der Waals surface area (Å²) in [5.41, 5.74) is 0. The van der Waals surface area contributed by atoms with E-state index in [0.717, 1.165) is 5.82 Å². The molecule has 14 heavy (non-hydrogen) atoms. The molecule has 0 radical (unpaired) electrons. The molecule has 0 aromatic carbocycles. The smallest absolute Gasteiger partial charge is 0.217 e. The fourth-order valence-corrected chi connectivity index (χ4v) is 1.24. The Balaban J connectivity index is 2.54. The van der Waals surface area contributed by atoms with Crippen molar-refractivity contribution < 1.29 is 0 Å². The van der Waals surface area contributed by atoms with Gasteiger partial charge in [-0.05, 0) is 25.4 Å². The van der Waals surface area contributed by atoms with E-state index in [2.05, 4.69) is 25.3 Å². The molecule has 0 N–H and O–H groups in total. The maximum Gasteiger partial charge on any atom is 0.244 e. The lowest BCUT2D eigenvalue weighted by atomic mass is 10.6. The molecule has 0 saturated carbocycles. The van der Waals surface area contributed by atoms with Crippen LogP contribution >= 0.6 is 11.6 Å². The average Bonchev–Trinajstić information content (AvgIpc) is 2.45. The fraction of sp³-hybridized carbons (Fsp3) is 0.286. The summed E-state index contributed by atoms with van der Waals surface area (Å²) in [6, 6.07) is 0. The molecule has 6 nitrogen and oxygen atoms in total. The predicted octanol–water partition coefficient (Wildman–Crippen LogP) is 0.723. The number of nitrogens with zero attached hydrogens (tertiary/aromatic N) is 6. The van der Waals surface area contributed by atoms with Gasteiger partial charge in [0.2, 0.25) is 5.28 Å². The first kappa shape index (κ1) is 9.01. The summed E-state index contributed by atoms with van der Waals surface area (Å²) in [6.45, 7) is 3.63. The third kappa shape index (κ3) is 1.56. The zero-order valence-corrected chi connectivity index (χ0v) is 8.39. The second kappa shape index (κ2) is 3.30. The molecule has 2 aromatic heterocycles. The van der Waals surface area contributed by atoms with E-state index >= 15 is 0 Å². The van der Waals surface area contributed by atoms with E-state index in [9.17, 15) is 0 Å². The minimum atomic E-state index is 0.0926. The third-order valence-corrected chi connectivity index (χ3v) is 1.77. The van der Waals surface area contributed by atoms with E-state index in [0.29, 0.717) is 11.6 Å². The molecule has 2 heterocycles. The van der Waals surface area contributed by atoms with Gasteiger partial charge in [-0.25, -0.2) is 4.98 Å². The zero-order valence-electron chi connectivity index (χ0n) is 7.64. The molecule has 0 amide bonds. The van der Waals surface area contributed by atoms with Gasteiger partial charge in [0.15, 0.2) is 5.82 Å². The van der Waals surface area contributed by atoms with Crippen LogP contribution in [0.5, 0.6) is 0 Å². The lowest BCUT2D eigenvalue weighted by molar-refractivity contribution is 0.780. The van der Waals surface area contributed by atoms with Crippen LogP contribution in [-0.4, -0.2) is 29.9 Å². The molecule has 0 atom stereocenters. The first-order valence-corrected chi connectivity index (χ1v) is 4.30. The van der Waals surface area contributed by atoms with Crippen molar-refractivity contribution in [2.75, 3.05) is 0 Å². The molecular weight excluding hydrogens is 204 g/mol. The SMILES string of the molecule is Cc1nc(C)n(-c2cnnc(Cl)n2)n1. The number of hydrogen-bond donors (Lipinski definition) is 0. The van der Waals surface area contributed by atoms with Gasteiger partial charge >= 0.3 is 0 Å². The topological polar surface area (TPSA) is 69.4 Å². The van der Waals surface area contributed by atoms with Gasteiger partial charge in [0.25, 0.3) is 0 Å². The second-order valence-electron chi connectivity index (χ2n) is 2.70. The van der Waals surface area contributed by atoms with Crippen LogP contribution in [0.3, 0.4) is 0 Å². The Hall–Kier alpha value is -1.56. The van der Waals surface area contributed by atoms with Gasteiger partial charge in [0.1, 0.15) is 11.6 Å². The summed E-state index contributed by atoms with van der Waals surface area (Å²) < 4.78 is 1.57. The number of rotatable bonds is 1. The highest BCUT2D eigenvalue weighted by Crippen LogP contribution is 2.06. The van der Waals surface area contributed by atoms with Crippen LogP contribution in [0.25, 0.3) is 5.82 Å². The summed E-state index contributed by atoms with van der Waals surface area (Å²) in [4.78, 5) is 8.11. The first-order chi connectivity index (χ1) is 6.66. The highest BCUT2D eigenvalue weighted by Gasteiger charge is 2.07. The maximum absolute atomic E-state index is 5.61. The summed E-state index contributed by atoms with van der Waals surface area (Å²) in [5, 5.41) is 11.5. The predicted molar refractivity (Wildman–Crippen MR) is 49.2 cm³/mol. The van der Waals surface area contributed by atoms with Gasteiger partial charge < -0.3 is 0 Å². The van der Waals surface area contributed by atoms with Gasteiger partial charge in [0.05, 0.1) is 6.20 Å². The van der Waals surface area contributed by atoms with E-state index in [-0.39, 0.29) is 5.28 Å². The monoisotopic (exact) mass is 210 g/mol. The van der Waals surface area contributed by atoms with Crippen molar-refractivity contribution in [3.63, 3.8) is 0 Å². The van der Waals surface area contributed by atoms with Gasteiger partial charge in [-0.15, -0.1) is 10.2 Å². The van der Waals surface area contributed by atoms with Crippen LogP contribution in [0.4, 0.5) is 0 Å². The summed E-state index contributed by atoms with van der Waals surface area (Å²) in [6.07, 6.45) is 1.48. The molecule has 2 rings (SSSR count). The van der Waals surface area contributed by atoms with Crippen molar-refractivity contribution in [2.45, 2.75) is 13.8 Å². The minimum Gasteiger partial charge on any atom is -0.217 e. The number of aryl methyl sites for hydroxylation is 2. The van der Waals surface area contributed by atoms with E-state index in [1.54, 1.807) is 11.6 Å². The van der Waals surface area contributed by atoms with Crippen molar-refractivity contribution in [3.8, 4) is 5.82 Å². The van der Waals surface area contributed by atoms with Crippen LogP contribution < -0.4 is 0 Å². The van der Waals surface area contributed by atoms with E-state index in [4.69, 9.17) is 11.6 Å². The average molecular weight is 211 g/mol. The quantitative estimate of drug-likeness (QED) is 0.694. The molecule has 0 fully saturated rings. The summed E-state index contributed by atoms with van der Waals surface area (Å²) in [5.74, 6) is 1.93. The molecule has 7 heteroatoms. The van der Waals surface area contributed by atoms with E-state index < -0.39 is 0 Å². The van der Waals surface area contributed by atoms with Crippen LogP contribution in [0.1, 0.15) is 11.6 Å². The highest BCUT2D eigenvalue weighted by molar-refractivity contribution is 6.28. The first-order valence-electron chi connectivity index (χ1n) is 3.92. The molecule has 0 saturated heterocycles. The fourth-order valence-electron chi connectivity index (χ4n) is 1.11. The van der Waals surface area contributed by atoms with Crippen LogP contribution in [0, 0.1) is 13.8 Å². The van der Waals surface area contributed by atoms with Crippen molar-refractivity contribution in [3.05, 3.63) is 23.1 Å². The van der Waals surface area contributed by atoms with Crippen molar-refractivity contribution in [1.82, 2.24) is 29.9 Å². The maximum atomic E-state index is 5.61. The van der Waals surface area contributed by atoms with Gasteiger partial charge in [-0.2, -0.15) is 14.8 Å². The standard InChI is InChI=1S/C7H7ClN6/c1-4-10-5(2)14(13-4)6-3-9-12-7(8)11-6/h3H,1-2H3. The van der Waals surface area contributed by atoms with Crippen molar-refractivity contribution >= 4 is 11.6 Å². The van der Waals surface area contributed by atoms with Gasteiger partial charge in [-0.1, -0.05) is 0 Å². The Labute approximate surface area is 85.0 Å². The van der Waals surface area contributed by atoms with Gasteiger partial charge in [0, 0.05) is 0 Å². The van der Waals surface area contributed by atoms with Crippen molar-refractivity contribution in [2.24, 2.45) is 0 Å². The molecule has 0 aliphatic carbocycles. The van der Waals surface area contributed by atoms with Crippen LogP contribution in [-0.2, 0) is 0 Å². The van der Waals surface area contributed by atoms with E-state index in [1.807, 2.05) is 6.92 Å². The number of aromatic nitrogens is 6. The molecule has 0 spiro atoms. The Bertz CT molecular complexity index is 465. The Kier molecular flexibility index (Phi) is 2.12. The zero-order chi connectivity index (χ0) is 10.1. The van der Waals surface area contributed by atoms with Crippen LogP contribution in [0.15, 0.2) is 6.20 Å². The van der Waals surface area contributed by atoms with Gasteiger partial charge in [-0.3, -0.25) is 0 Å². The highest BCUT2D eigenvalue weighted by atomic mass is 35.5.